The predicted molar refractivity (Wildman–Crippen MR) is 125 cm³/mol. The highest BCUT2D eigenvalue weighted by Crippen LogP contribution is 2.43. The summed E-state index contributed by atoms with van der Waals surface area (Å²) >= 11 is 12.2. The number of benzene rings is 3. The number of halogens is 2. The van der Waals surface area contributed by atoms with Crippen LogP contribution in [0.15, 0.2) is 66.7 Å². The van der Waals surface area contributed by atoms with Gasteiger partial charge >= 0.3 is 0 Å². The number of carbonyl (C=O) groups excluding carboxylic acids is 1. The molecule has 158 valence electrons. The van der Waals surface area contributed by atoms with Crippen molar-refractivity contribution in [2.45, 2.75) is 32.5 Å². The Hall–Kier alpha value is -2.75. The molecule has 0 unspecified atom stereocenters. The maximum atomic E-state index is 13.1. The van der Waals surface area contributed by atoms with Crippen LogP contribution in [0.25, 0.3) is 6.08 Å². The van der Waals surface area contributed by atoms with E-state index in [1.54, 1.807) is 30.3 Å². The van der Waals surface area contributed by atoms with Crippen LogP contribution in [0.3, 0.4) is 0 Å². The molecule has 0 bridgehead atoms. The third kappa shape index (κ3) is 4.95. The largest absolute Gasteiger partial charge is 0.488 e. The number of allylic oxidation sites excluding steroid dienone is 1. The molecule has 0 spiro atoms. The maximum absolute atomic E-state index is 13.1. The Kier molecular flexibility index (Phi) is 6.08. The number of hydrogen-bond donors (Lipinski definition) is 0. The van der Waals surface area contributed by atoms with Gasteiger partial charge in [-0.2, -0.15) is 0 Å². The Morgan fingerprint density at radius 3 is 2.61 bits per heavy atom. The molecule has 1 aliphatic rings. The number of ether oxygens (including phenoxy) is 2. The number of rotatable bonds is 6. The quantitative estimate of drug-likeness (QED) is 0.293. The Labute approximate surface area is 192 Å². The molecular formula is C26H22Cl2O3. The van der Waals surface area contributed by atoms with Crippen LogP contribution >= 0.6 is 23.2 Å². The van der Waals surface area contributed by atoms with Crippen molar-refractivity contribution in [3.05, 3.63) is 99.0 Å². The number of hydrogen-bond acceptors (Lipinski definition) is 3. The van der Waals surface area contributed by atoms with E-state index in [0.717, 1.165) is 22.4 Å². The maximum Gasteiger partial charge on any atom is 0.189 e. The van der Waals surface area contributed by atoms with Gasteiger partial charge in [-0.05, 0) is 61.4 Å². The van der Waals surface area contributed by atoms with E-state index in [0.29, 0.717) is 34.4 Å². The van der Waals surface area contributed by atoms with Gasteiger partial charge in [-0.3, -0.25) is 4.79 Å². The zero-order chi connectivity index (χ0) is 22.0. The molecule has 0 radical (unpaired) electrons. The van der Waals surface area contributed by atoms with E-state index >= 15 is 0 Å². The fourth-order valence-electron chi connectivity index (χ4n) is 3.61. The van der Waals surface area contributed by atoms with Crippen LogP contribution in [0.1, 0.15) is 40.9 Å². The second-order valence-corrected chi connectivity index (χ2v) is 8.94. The van der Waals surface area contributed by atoms with E-state index in [4.69, 9.17) is 32.7 Å². The lowest BCUT2D eigenvalue weighted by molar-refractivity contribution is 0.104. The fourth-order valence-corrected chi connectivity index (χ4v) is 4.08. The monoisotopic (exact) mass is 452 g/mol. The third-order valence-corrected chi connectivity index (χ3v) is 5.64. The van der Waals surface area contributed by atoms with Gasteiger partial charge in [-0.25, -0.2) is 0 Å². The zero-order valence-corrected chi connectivity index (χ0v) is 18.8. The Morgan fingerprint density at radius 1 is 1.10 bits per heavy atom. The summed E-state index contributed by atoms with van der Waals surface area (Å²) in [6, 6.07) is 18.6. The van der Waals surface area contributed by atoms with E-state index in [2.05, 4.69) is 0 Å². The van der Waals surface area contributed by atoms with Gasteiger partial charge in [0.15, 0.2) is 5.78 Å². The molecule has 0 aliphatic carbocycles. The summed E-state index contributed by atoms with van der Waals surface area (Å²) in [5, 5.41) is 1.03. The first kappa shape index (κ1) is 21.5. The molecule has 1 aliphatic heterocycles. The van der Waals surface area contributed by atoms with Crippen molar-refractivity contribution in [1.82, 2.24) is 0 Å². The number of carbonyl (C=O) groups is 1. The summed E-state index contributed by atoms with van der Waals surface area (Å²) in [6.07, 6.45) is 3.86. The minimum absolute atomic E-state index is 0.165. The third-order valence-electron chi connectivity index (χ3n) is 5.07. The van der Waals surface area contributed by atoms with Crippen molar-refractivity contribution in [2.24, 2.45) is 0 Å². The second kappa shape index (κ2) is 8.78. The summed E-state index contributed by atoms with van der Waals surface area (Å²) in [5.41, 5.74) is 2.82. The molecular weight excluding hydrogens is 431 g/mol. The second-order valence-electron chi connectivity index (χ2n) is 8.10. The topological polar surface area (TPSA) is 35.5 Å². The molecule has 0 amide bonds. The van der Waals surface area contributed by atoms with Crippen LogP contribution in [0.2, 0.25) is 10.0 Å². The molecule has 0 saturated carbocycles. The highest BCUT2D eigenvalue weighted by molar-refractivity contribution is 6.35. The highest BCUT2D eigenvalue weighted by Gasteiger charge is 2.34. The standard InChI is InChI=1S/C26H22Cl2O3/c1-26(2)15-21-24(31-26)13-11-20(25(21)30-16-17-6-4-3-5-7-17)23(29)12-9-18-8-10-19(27)14-22(18)28/h3-14H,15-16H2,1-2H3/b12-9+. The minimum Gasteiger partial charge on any atom is -0.488 e. The summed E-state index contributed by atoms with van der Waals surface area (Å²) in [5.74, 6) is 1.17. The Morgan fingerprint density at radius 2 is 1.87 bits per heavy atom. The molecule has 0 saturated heterocycles. The first-order valence-corrected chi connectivity index (χ1v) is 10.8. The SMILES string of the molecule is CC1(C)Cc2c(ccc(C(=O)/C=C/c3ccc(Cl)cc3Cl)c2OCc2ccccc2)O1. The molecule has 3 aromatic carbocycles. The van der Waals surface area contributed by atoms with E-state index in [9.17, 15) is 4.79 Å². The predicted octanol–water partition coefficient (Wildman–Crippen LogP) is 7.18. The van der Waals surface area contributed by atoms with E-state index in [-0.39, 0.29) is 11.4 Å². The molecule has 0 aromatic heterocycles. The minimum atomic E-state index is -0.346. The van der Waals surface area contributed by atoms with Gasteiger partial charge in [0.1, 0.15) is 23.7 Å². The molecule has 1 heterocycles. The van der Waals surface area contributed by atoms with Crippen LogP contribution in [-0.4, -0.2) is 11.4 Å². The van der Waals surface area contributed by atoms with Crippen molar-refractivity contribution < 1.29 is 14.3 Å². The van der Waals surface area contributed by atoms with Crippen LogP contribution in [0, 0.1) is 0 Å². The molecule has 0 N–H and O–H groups in total. The Balaban J connectivity index is 1.66. The smallest absolute Gasteiger partial charge is 0.189 e. The van der Waals surface area contributed by atoms with Crippen molar-refractivity contribution in [1.29, 1.82) is 0 Å². The normalized spacial score (nSPS) is 14.3. The summed E-state index contributed by atoms with van der Waals surface area (Å²) in [6.45, 7) is 4.42. The molecule has 31 heavy (non-hydrogen) atoms. The van der Waals surface area contributed by atoms with Gasteiger partial charge in [-0.15, -0.1) is 0 Å². The van der Waals surface area contributed by atoms with Gasteiger partial charge in [-0.1, -0.05) is 59.6 Å². The summed E-state index contributed by atoms with van der Waals surface area (Å²) in [7, 11) is 0. The molecule has 0 fully saturated rings. The molecule has 4 rings (SSSR count). The van der Waals surface area contributed by atoms with Crippen LogP contribution < -0.4 is 9.47 Å². The number of fused-ring (bicyclic) bond motifs is 1. The van der Waals surface area contributed by atoms with Gasteiger partial charge in [0.2, 0.25) is 0 Å². The van der Waals surface area contributed by atoms with Crippen LogP contribution in [0.5, 0.6) is 11.5 Å². The number of ketones is 1. The van der Waals surface area contributed by atoms with E-state index < -0.39 is 0 Å². The van der Waals surface area contributed by atoms with Gasteiger partial charge in [0, 0.05) is 22.0 Å². The van der Waals surface area contributed by atoms with E-state index in [1.807, 2.05) is 50.2 Å². The van der Waals surface area contributed by atoms with Crippen molar-refractivity contribution >= 4 is 35.1 Å². The lowest BCUT2D eigenvalue weighted by atomic mass is 9.97. The first-order valence-electron chi connectivity index (χ1n) is 10.0. The summed E-state index contributed by atoms with van der Waals surface area (Å²) in [4.78, 5) is 13.1. The lowest BCUT2D eigenvalue weighted by Gasteiger charge is -2.16. The van der Waals surface area contributed by atoms with E-state index in [1.165, 1.54) is 6.08 Å². The van der Waals surface area contributed by atoms with Crippen LogP contribution in [0.4, 0.5) is 0 Å². The van der Waals surface area contributed by atoms with Gasteiger partial charge in [0.05, 0.1) is 5.56 Å². The van der Waals surface area contributed by atoms with Crippen LogP contribution in [-0.2, 0) is 13.0 Å². The average molecular weight is 453 g/mol. The first-order chi connectivity index (χ1) is 14.8. The van der Waals surface area contributed by atoms with Crippen molar-refractivity contribution in [3.63, 3.8) is 0 Å². The summed E-state index contributed by atoms with van der Waals surface area (Å²) < 4.78 is 12.2. The highest BCUT2D eigenvalue weighted by atomic mass is 35.5. The Bertz CT molecular complexity index is 1150. The van der Waals surface area contributed by atoms with Gasteiger partial charge in [0.25, 0.3) is 0 Å². The molecule has 5 heteroatoms. The molecule has 3 nitrogen and oxygen atoms in total. The van der Waals surface area contributed by atoms with Crippen molar-refractivity contribution in [3.8, 4) is 11.5 Å². The lowest BCUT2D eigenvalue weighted by Crippen LogP contribution is -2.24. The fraction of sp³-hybridized carbons (Fsp3) is 0.192. The van der Waals surface area contributed by atoms with Crippen molar-refractivity contribution in [2.75, 3.05) is 0 Å². The zero-order valence-electron chi connectivity index (χ0n) is 17.3. The van der Waals surface area contributed by atoms with Gasteiger partial charge < -0.3 is 9.47 Å². The average Bonchev–Trinajstić information content (AvgIpc) is 3.06. The molecule has 0 atom stereocenters. The molecule has 3 aromatic rings.